The third kappa shape index (κ3) is 4.11. The predicted molar refractivity (Wildman–Crippen MR) is 56.3 cm³/mol. The molecule has 0 fully saturated rings. The average molecular weight is 183 g/mol. The van der Waals surface area contributed by atoms with Crippen LogP contribution in [0.2, 0.25) is 0 Å². The molecule has 0 bridgehead atoms. The highest BCUT2D eigenvalue weighted by Gasteiger charge is 2.16. The van der Waals surface area contributed by atoms with Crippen molar-refractivity contribution in [2.24, 2.45) is 11.7 Å². The third-order valence-corrected chi connectivity index (χ3v) is 2.20. The fourth-order valence-electron chi connectivity index (χ4n) is 1.62. The zero-order valence-corrected chi connectivity index (χ0v) is 8.97. The van der Waals surface area contributed by atoms with E-state index in [1.54, 1.807) is 0 Å². The lowest BCUT2D eigenvalue weighted by molar-refractivity contribution is -0.120. The summed E-state index contributed by atoms with van der Waals surface area (Å²) in [6.07, 6.45) is 6.02. The molecular formula is C11H21NO. The van der Waals surface area contributed by atoms with Gasteiger partial charge in [0.15, 0.2) is 0 Å². The van der Waals surface area contributed by atoms with Gasteiger partial charge in [0.1, 0.15) is 0 Å². The molecule has 0 saturated carbocycles. The van der Waals surface area contributed by atoms with Gasteiger partial charge >= 0.3 is 0 Å². The van der Waals surface area contributed by atoms with Crippen LogP contribution in [0.1, 0.15) is 46.5 Å². The van der Waals surface area contributed by atoms with Crippen molar-refractivity contribution in [3.05, 3.63) is 11.6 Å². The lowest BCUT2D eigenvalue weighted by Crippen LogP contribution is -2.24. The van der Waals surface area contributed by atoms with E-state index in [1.165, 1.54) is 5.57 Å². The molecule has 0 saturated heterocycles. The quantitative estimate of drug-likeness (QED) is 0.632. The first-order chi connectivity index (χ1) is 6.17. The van der Waals surface area contributed by atoms with Crippen molar-refractivity contribution in [1.82, 2.24) is 0 Å². The molecule has 0 aromatic rings. The van der Waals surface area contributed by atoms with Crippen LogP contribution in [0.25, 0.3) is 0 Å². The summed E-state index contributed by atoms with van der Waals surface area (Å²) < 4.78 is 0. The molecule has 2 nitrogen and oxygen atoms in total. The van der Waals surface area contributed by atoms with Crippen molar-refractivity contribution in [2.45, 2.75) is 46.5 Å². The van der Waals surface area contributed by atoms with E-state index in [-0.39, 0.29) is 11.8 Å². The van der Waals surface area contributed by atoms with Crippen LogP contribution in [-0.2, 0) is 4.79 Å². The first-order valence-corrected chi connectivity index (χ1v) is 5.15. The van der Waals surface area contributed by atoms with Crippen LogP contribution in [-0.4, -0.2) is 5.91 Å². The van der Waals surface area contributed by atoms with Crippen molar-refractivity contribution < 1.29 is 4.79 Å². The fourth-order valence-corrected chi connectivity index (χ4v) is 1.62. The second-order valence-electron chi connectivity index (χ2n) is 3.30. The van der Waals surface area contributed by atoms with Crippen molar-refractivity contribution in [2.75, 3.05) is 0 Å². The van der Waals surface area contributed by atoms with Crippen molar-refractivity contribution >= 4 is 5.91 Å². The Kier molecular flexibility index (Phi) is 6.29. The minimum Gasteiger partial charge on any atom is -0.369 e. The van der Waals surface area contributed by atoms with E-state index in [0.717, 1.165) is 25.7 Å². The topological polar surface area (TPSA) is 43.1 Å². The van der Waals surface area contributed by atoms with Gasteiger partial charge in [-0.2, -0.15) is 0 Å². The van der Waals surface area contributed by atoms with E-state index in [1.807, 2.05) is 6.92 Å². The summed E-state index contributed by atoms with van der Waals surface area (Å²) >= 11 is 0. The Morgan fingerprint density at radius 2 is 2.00 bits per heavy atom. The molecule has 0 unspecified atom stereocenters. The third-order valence-electron chi connectivity index (χ3n) is 2.20. The molecule has 0 heterocycles. The van der Waals surface area contributed by atoms with Gasteiger partial charge in [0.2, 0.25) is 5.91 Å². The van der Waals surface area contributed by atoms with E-state index >= 15 is 0 Å². The van der Waals surface area contributed by atoms with E-state index < -0.39 is 0 Å². The lowest BCUT2D eigenvalue weighted by Gasteiger charge is -2.14. The summed E-state index contributed by atoms with van der Waals surface area (Å²) in [5.41, 5.74) is 6.55. The van der Waals surface area contributed by atoms with Gasteiger partial charge in [0.25, 0.3) is 0 Å². The molecule has 2 heteroatoms. The summed E-state index contributed by atoms with van der Waals surface area (Å²) in [7, 11) is 0. The number of nitrogens with two attached hydrogens (primary N) is 1. The Morgan fingerprint density at radius 3 is 2.31 bits per heavy atom. The minimum absolute atomic E-state index is 0.0418. The van der Waals surface area contributed by atoms with Crippen LogP contribution in [0.3, 0.4) is 0 Å². The molecule has 13 heavy (non-hydrogen) atoms. The number of carbonyl (C=O) groups is 1. The Bertz CT molecular complexity index is 185. The number of carbonyl (C=O) groups excluding carboxylic acids is 1. The fraction of sp³-hybridized carbons (Fsp3) is 0.727. The van der Waals surface area contributed by atoms with Gasteiger partial charge in [0, 0.05) is 0 Å². The monoisotopic (exact) mass is 183 g/mol. The Balaban J connectivity index is 4.48. The normalized spacial score (nSPS) is 14.2. The number of hydrogen-bond donors (Lipinski definition) is 1. The van der Waals surface area contributed by atoms with Gasteiger partial charge in [-0.1, -0.05) is 38.8 Å². The first kappa shape index (κ1) is 12.2. The number of amides is 1. The molecule has 76 valence electrons. The smallest absolute Gasteiger partial charge is 0.224 e. The molecule has 0 aromatic heterocycles. The second-order valence-corrected chi connectivity index (χ2v) is 3.30. The van der Waals surface area contributed by atoms with Crippen LogP contribution in [0.4, 0.5) is 0 Å². The maximum absolute atomic E-state index is 11.1. The van der Waals surface area contributed by atoms with Crippen LogP contribution >= 0.6 is 0 Å². The molecule has 1 amide bonds. The predicted octanol–water partition coefficient (Wildman–Crippen LogP) is 2.63. The van der Waals surface area contributed by atoms with Crippen LogP contribution in [0, 0.1) is 5.92 Å². The van der Waals surface area contributed by atoms with Crippen molar-refractivity contribution in [3.8, 4) is 0 Å². The minimum atomic E-state index is -0.185. The Labute approximate surface area is 81.2 Å². The number of primary amides is 1. The van der Waals surface area contributed by atoms with Crippen molar-refractivity contribution in [1.29, 1.82) is 0 Å². The number of allylic oxidation sites excluding steroid dienone is 1. The van der Waals surface area contributed by atoms with Crippen molar-refractivity contribution in [3.63, 3.8) is 0 Å². The highest BCUT2D eigenvalue weighted by molar-refractivity contribution is 5.79. The first-order valence-electron chi connectivity index (χ1n) is 5.15. The van der Waals surface area contributed by atoms with Gasteiger partial charge in [-0.3, -0.25) is 4.79 Å². The summed E-state index contributed by atoms with van der Waals surface area (Å²) in [5.74, 6) is -0.226. The van der Waals surface area contributed by atoms with Crippen LogP contribution in [0.15, 0.2) is 11.6 Å². The standard InChI is InChI=1S/C11H21NO/c1-4-7-9(8-5-2)10(6-3)11(12)13/h7,10H,4-6,8H2,1-3H3,(H2,12,13)/b9-7-/t10-/m0/s1. The van der Waals surface area contributed by atoms with Gasteiger partial charge in [-0.15, -0.1) is 0 Å². The highest BCUT2D eigenvalue weighted by atomic mass is 16.1. The van der Waals surface area contributed by atoms with E-state index in [9.17, 15) is 4.79 Å². The van der Waals surface area contributed by atoms with Crippen LogP contribution in [0.5, 0.6) is 0 Å². The molecule has 0 rings (SSSR count). The molecule has 0 aromatic carbocycles. The Hall–Kier alpha value is -0.790. The second kappa shape index (κ2) is 6.70. The summed E-state index contributed by atoms with van der Waals surface area (Å²) in [5, 5.41) is 0. The SMILES string of the molecule is CC/C=C(/CCC)[C@H](CC)C(N)=O. The zero-order valence-electron chi connectivity index (χ0n) is 8.97. The lowest BCUT2D eigenvalue weighted by atomic mass is 9.91. The van der Waals surface area contributed by atoms with E-state index in [2.05, 4.69) is 19.9 Å². The molecule has 0 aliphatic rings. The largest absolute Gasteiger partial charge is 0.369 e. The number of rotatable bonds is 6. The van der Waals surface area contributed by atoms with E-state index in [0.29, 0.717) is 0 Å². The molecule has 0 spiro atoms. The molecule has 2 N–H and O–H groups in total. The molecular weight excluding hydrogens is 162 g/mol. The maximum Gasteiger partial charge on any atom is 0.224 e. The highest BCUT2D eigenvalue weighted by Crippen LogP contribution is 2.20. The zero-order chi connectivity index (χ0) is 10.3. The van der Waals surface area contributed by atoms with E-state index in [4.69, 9.17) is 5.73 Å². The summed E-state index contributed by atoms with van der Waals surface area (Å²) in [6, 6.07) is 0. The van der Waals surface area contributed by atoms with Gasteiger partial charge in [-0.05, 0) is 19.3 Å². The summed E-state index contributed by atoms with van der Waals surface area (Å²) in [6.45, 7) is 6.22. The van der Waals surface area contributed by atoms with Crippen LogP contribution < -0.4 is 5.73 Å². The molecule has 0 radical (unpaired) electrons. The average Bonchev–Trinajstić information content (AvgIpc) is 2.05. The molecule has 0 aliphatic heterocycles. The summed E-state index contributed by atoms with van der Waals surface area (Å²) in [4.78, 5) is 11.1. The Morgan fingerprint density at radius 1 is 1.38 bits per heavy atom. The van der Waals surface area contributed by atoms with Gasteiger partial charge in [-0.25, -0.2) is 0 Å². The number of hydrogen-bond acceptors (Lipinski definition) is 1. The van der Waals surface area contributed by atoms with Gasteiger partial charge < -0.3 is 5.73 Å². The molecule has 1 atom stereocenters. The van der Waals surface area contributed by atoms with Gasteiger partial charge in [0.05, 0.1) is 5.92 Å². The maximum atomic E-state index is 11.1. The molecule has 0 aliphatic carbocycles.